The molecule has 1 heterocycles. The quantitative estimate of drug-likeness (QED) is 0.525. The van der Waals surface area contributed by atoms with Crippen molar-refractivity contribution in [1.29, 1.82) is 0 Å². The molecule has 1 aromatic heterocycles. The van der Waals surface area contributed by atoms with E-state index in [1.54, 1.807) is 0 Å². The van der Waals surface area contributed by atoms with Crippen molar-refractivity contribution in [2.75, 3.05) is 5.73 Å². The number of hydrogen-bond acceptors (Lipinski definition) is 1. The maximum Gasteiger partial charge on any atom is 0.0481 e. The van der Waals surface area contributed by atoms with Gasteiger partial charge in [0.25, 0.3) is 0 Å². The Morgan fingerprint density at radius 2 is 1.68 bits per heavy atom. The molecule has 104 valence electrons. The van der Waals surface area contributed by atoms with E-state index in [9.17, 15) is 0 Å². The lowest BCUT2D eigenvalue weighted by Gasteiger charge is -2.06. The topological polar surface area (TPSA) is 30.9 Å². The Morgan fingerprint density at radius 3 is 2.47 bits per heavy atom. The molecule has 1 aromatic carbocycles. The summed E-state index contributed by atoms with van der Waals surface area (Å²) in [4.78, 5) is 0. The van der Waals surface area contributed by atoms with Crippen molar-refractivity contribution in [1.82, 2.24) is 4.57 Å². The normalized spacial score (nSPS) is 11.2. The number of nitrogen functional groups attached to an aromatic ring is 1. The van der Waals surface area contributed by atoms with Crippen LogP contribution in [0.25, 0.3) is 10.9 Å². The minimum absolute atomic E-state index is 0.848. The Morgan fingerprint density at radius 1 is 0.947 bits per heavy atom. The van der Waals surface area contributed by atoms with Gasteiger partial charge >= 0.3 is 0 Å². The maximum absolute atomic E-state index is 5.80. The lowest BCUT2D eigenvalue weighted by Crippen LogP contribution is -1.96. The number of unbranched alkanes of at least 4 members (excludes halogenated alkanes) is 6. The molecule has 0 unspecified atom stereocenters. The summed E-state index contributed by atoms with van der Waals surface area (Å²) in [6.45, 7) is 3.39. The molecule has 19 heavy (non-hydrogen) atoms. The Balaban J connectivity index is 1.76. The number of fused-ring (bicyclic) bond motifs is 1. The molecule has 0 atom stereocenters. The second kappa shape index (κ2) is 7.22. The predicted molar refractivity (Wildman–Crippen MR) is 84.3 cm³/mol. The number of benzene rings is 1. The smallest absolute Gasteiger partial charge is 0.0481 e. The van der Waals surface area contributed by atoms with Crippen LogP contribution in [0.3, 0.4) is 0 Å². The lowest BCUT2D eigenvalue weighted by molar-refractivity contribution is 0.556. The highest BCUT2D eigenvalue weighted by Crippen LogP contribution is 2.19. The van der Waals surface area contributed by atoms with Crippen LogP contribution in [0.5, 0.6) is 0 Å². The van der Waals surface area contributed by atoms with Gasteiger partial charge in [-0.3, -0.25) is 0 Å². The minimum Gasteiger partial charge on any atom is -0.399 e. The van der Waals surface area contributed by atoms with E-state index < -0.39 is 0 Å². The summed E-state index contributed by atoms with van der Waals surface area (Å²) in [6, 6.07) is 8.33. The summed E-state index contributed by atoms with van der Waals surface area (Å²) in [5.41, 5.74) is 7.96. The fourth-order valence-corrected chi connectivity index (χ4v) is 2.65. The molecule has 0 fully saturated rings. The van der Waals surface area contributed by atoms with Crippen LogP contribution in [0.4, 0.5) is 5.69 Å². The first-order chi connectivity index (χ1) is 9.31. The van der Waals surface area contributed by atoms with Crippen LogP contribution in [0.15, 0.2) is 30.5 Å². The highest BCUT2D eigenvalue weighted by atomic mass is 14.9. The average molecular weight is 258 g/mol. The van der Waals surface area contributed by atoms with Crippen LogP contribution in [0.2, 0.25) is 0 Å². The monoisotopic (exact) mass is 258 g/mol. The van der Waals surface area contributed by atoms with Crippen LogP contribution in [0, 0.1) is 0 Å². The maximum atomic E-state index is 5.80. The average Bonchev–Trinajstić information content (AvgIpc) is 2.80. The van der Waals surface area contributed by atoms with Gasteiger partial charge in [0.2, 0.25) is 0 Å². The predicted octanol–water partition coefficient (Wildman–Crippen LogP) is 4.97. The molecule has 2 heteroatoms. The summed E-state index contributed by atoms with van der Waals surface area (Å²) in [7, 11) is 0. The summed E-state index contributed by atoms with van der Waals surface area (Å²) in [6.07, 6.45) is 11.7. The van der Waals surface area contributed by atoms with Gasteiger partial charge in [-0.1, -0.05) is 45.4 Å². The van der Waals surface area contributed by atoms with Gasteiger partial charge in [-0.05, 0) is 30.7 Å². The van der Waals surface area contributed by atoms with Gasteiger partial charge < -0.3 is 10.3 Å². The summed E-state index contributed by atoms with van der Waals surface area (Å²) in [5, 5.41) is 1.25. The molecule has 2 N–H and O–H groups in total. The van der Waals surface area contributed by atoms with Crippen molar-refractivity contribution in [3.63, 3.8) is 0 Å². The zero-order valence-corrected chi connectivity index (χ0v) is 12.1. The molecule has 2 rings (SSSR count). The largest absolute Gasteiger partial charge is 0.399 e. The zero-order valence-electron chi connectivity index (χ0n) is 12.1. The van der Waals surface area contributed by atoms with E-state index in [2.05, 4.69) is 35.9 Å². The van der Waals surface area contributed by atoms with Gasteiger partial charge in [-0.25, -0.2) is 0 Å². The van der Waals surface area contributed by atoms with Crippen LogP contribution < -0.4 is 5.73 Å². The fourth-order valence-electron chi connectivity index (χ4n) is 2.65. The molecular weight excluding hydrogens is 232 g/mol. The number of aromatic nitrogens is 1. The number of nitrogens with zero attached hydrogens (tertiary/aromatic N) is 1. The number of nitrogens with two attached hydrogens (primary N) is 1. The van der Waals surface area contributed by atoms with E-state index in [1.165, 1.54) is 55.8 Å². The van der Waals surface area contributed by atoms with Crippen LogP contribution in [0.1, 0.15) is 51.9 Å². The van der Waals surface area contributed by atoms with Crippen molar-refractivity contribution in [3.05, 3.63) is 30.5 Å². The molecule has 0 aliphatic carbocycles. The molecule has 0 bridgehead atoms. The standard InChI is InChI=1S/C17H26N2/c1-2-3-4-5-6-7-8-12-19-13-11-15-14-16(18)9-10-17(15)19/h9-11,13-14H,2-8,12,18H2,1H3. The van der Waals surface area contributed by atoms with E-state index in [4.69, 9.17) is 5.73 Å². The molecular formula is C17H26N2. The molecule has 2 nitrogen and oxygen atoms in total. The third kappa shape index (κ3) is 4.02. The van der Waals surface area contributed by atoms with Crippen molar-refractivity contribution in [2.24, 2.45) is 0 Å². The van der Waals surface area contributed by atoms with Gasteiger partial charge in [0.05, 0.1) is 0 Å². The second-order valence-corrected chi connectivity index (χ2v) is 5.45. The molecule has 0 spiro atoms. The zero-order chi connectivity index (χ0) is 13.5. The lowest BCUT2D eigenvalue weighted by atomic mass is 10.1. The molecule has 0 aliphatic heterocycles. The first-order valence-electron chi connectivity index (χ1n) is 7.65. The molecule has 2 aromatic rings. The number of anilines is 1. The van der Waals surface area contributed by atoms with Crippen molar-refractivity contribution in [3.8, 4) is 0 Å². The van der Waals surface area contributed by atoms with Crippen molar-refractivity contribution in [2.45, 2.75) is 58.4 Å². The van der Waals surface area contributed by atoms with Gasteiger partial charge in [0.1, 0.15) is 0 Å². The minimum atomic E-state index is 0.848. The van der Waals surface area contributed by atoms with E-state index in [0.717, 1.165) is 12.2 Å². The number of rotatable bonds is 8. The first kappa shape index (κ1) is 14.0. The fraction of sp³-hybridized carbons (Fsp3) is 0.529. The Bertz CT molecular complexity index is 499. The summed E-state index contributed by atoms with van der Waals surface area (Å²) < 4.78 is 2.35. The summed E-state index contributed by atoms with van der Waals surface area (Å²) >= 11 is 0. The van der Waals surface area contributed by atoms with E-state index in [0.29, 0.717) is 0 Å². The van der Waals surface area contributed by atoms with Gasteiger partial charge in [-0.2, -0.15) is 0 Å². The molecule has 0 saturated heterocycles. The van der Waals surface area contributed by atoms with E-state index in [1.807, 2.05) is 6.07 Å². The summed E-state index contributed by atoms with van der Waals surface area (Å²) in [5.74, 6) is 0. The van der Waals surface area contributed by atoms with Crippen molar-refractivity contribution >= 4 is 16.6 Å². The molecule has 0 radical (unpaired) electrons. The first-order valence-corrected chi connectivity index (χ1v) is 7.65. The van der Waals surface area contributed by atoms with Crippen LogP contribution >= 0.6 is 0 Å². The molecule has 0 aliphatic rings. The second-order valence-electron chi connectivity index (χ2n) is 5.45. The van der Waals surface area contributed by atoms with Crippen LogP contribution in [-0.2, 0) is 6.54 Å². The third-order valence-electron chi connectivity index (χ3n) is 3.80. The van der Waals surface area contributed by atoms with Gasteiger partial charge in [-0.15, -0.1) is 0 Å². The SMILES string of the molecule is CCCCCCCCCn1ccc2cc(N)ccc21. The van der Waals surface area contributed by atoms with Gasteiger partial charge in [0.15, 0.2) is 0 Å². The number of aryl methyl sites for hydroxylation is 1. The van der Waals surface area contributed by atoms with Crippen LogP contribution in [-0.4, -0.2) is 4.57 Å². The Hall–Kier alpha value is -1.44. The van der Waals surface area contributed by atoms with E-state index in [-0.39, 0.29) is 0 Å². The molecule has 0 saturated carbocycles. The molecule has 0 amide bonds. The number of hydrogen-bond donors (Lipinski definition) is 1. The van der Waals surface area contributed by atoms with Crippen molar-refractivity contribution < 1.29 is 0 Å². The highest BCUT2D eigenvalue weighted by Gasteiger charge is 2.00. The highest BCUT2D eigenvalue weighted by molar-refractivity contribution is 5.83. The van der Waals surface area contributed by atoms with Gasteiger partial charge in [0, 0.05) is 29.3 Å². The Kier molecular flexibility index (Phi) is 5.31. The third-order valence-corrected chi connectivity index (χ3v) is 3.80. The Labute approximate surface area is 116 Å². The van der Waals surface area contributed by atoms with E-state index >= 15 is 0 Å².